The highest BCUT2D eigenvalue weighted by Gasteiger charge is 2.31. The predicted octanol–water partition coefficient (Wildman–Crippen LogP) is 1.78. The van der Waals surface area contributed by atoms with Crippen LogP contribution in [0.1, 0.15) is 24.8 Å². The van der Waals surface area contributed by atoms with Crippen molar-refractivity contribution in [1.82, 2.24) is 5.32 Å². The molecule has 0 bridgehead atoms. The Hall–Kier alpha value is -2.47. The fraction of sp³-hybridized carbons (Fsp3) is 0.350. The summed E-state index contributed by atoms with van der Waals surface area (Å²) in [5.41, 5.74) is 3.46. The monoisotopic (exact) mass is 468 g/mol. The molecule has 1 aliphatic heterocycles. The normalized spacial score (nSPS) is 15.9. The zero-order chi connectivity index (χ0) is 22.6. The van der Waals surface area contributed by atoms with Crippen molar-refractivity contribution in [2.45, 2.75) is 19.3 Å². The number of hydrogen-bond donors (Lipinski definition) is 3. The summed E-state index contributed by atoms with van der Waals surface area (Å²) in [6, 6.07) is 7.26. The number of allylic oxidation sites excluding steroid dienone is 4. The van der Waals surface area contributed by atoms with Crippen LogP contribution >= 0.6 is 0 Å². The van der Waals surface area contributed by atoms with E-state index in [1.807, 2.05) is 35.3 Å². The number of rotatable bonds is 9. The average Bonchev–Trinajstić information content (AvgIpc) is 2.69. The Morgan fingerprint density at radius 2 is 1.71 bits per heavy atom. The highest BCUT2D eigenvalue weighted by molar-refractivity contribution is 7.86. The smallest absolute Gasteiger partial charge is 0.264 e. The molecule has 0 atom stereocenters. The Labute approximate surface area is 181 Å². The molecule has 0 aromatic heterocycles. The third-order valence-electron chi connectivity index (χ3n) is 4.95. The Bertz CT molecular complexity index is 1170. The van der Waals surface area contributed by atoms with Gasteiger partial charge in [0, 0.05) is 30.0 Å². The molecular formula is C20H24N2O7S2. The molecule has 3 rings (SSSR count). The van der Waals surface area contributed by atoms with E-state index in [1.54, 1.807) is 12.1 Å². The van der Waals surface area contributed by atoms with Crippen LogP contribution in [0, 0.1) is 0 Å². The van der Waals surface area contributed by atoms with Crippen molar-refractivity contribution in [3.05, 3.63) is 59.3 Å². The molecule has 9 nitrogen and oxygen atoms in total. The Morgan fingerprint density at radius 3 is 2.42 bits per heavy atom. The highest BCUT2D eigenvalue weighted by atomic mass is 32.2. The topological polar surface area (TPSA) is 141 Å². The lowest BCUT2D eigenvalue weighted by Crippen LogP contribution is -2.35. The van der Waals surface area contributed by atoms with Gasteiger partial charge < -0.3 is 10.2 Å². The number of amides is 1. The van der Waals surface area contributed by atoms with E-state index in [4.69, 9.17) is 9.11 Å². The second kappa shape index (κ2) is 9.35. The van der Waals surface area contributed by atoms with Gasteiger partial charge in [0.15, 0.2) is 0 Å². The summed E-state index contributed by atoms with van der Waals surface area (Å²) in [6.45, 7) is 0.424. The highest BCUT2D eigenvalue weighted by Crippen LogP contribution is 2.42. The van der Waals surface area contributed by atoms with Crippen molar-refractivity contribution in [1.29, 1.82) is 0 Å². The summed E-state index contributed by atoms with van der Waals surface area (Å²) in [5.74, 6) is -1.16. The largest absolute Gasteiger partial charge is 0.352 e. The molecule has 1 heterocycles. The van der Waals surface area contributed by atoms with E-state index in [1.165, 1.54) is 0 Å². The van der Waals surface area contributed by atoms with Crippen molar-refractivity contribution in [3.63, 3.8) is 0 Å². The fourth-order valence-electron chi connectivity index (χ4n) is 3.70. The summed E-state index contributed by atoms with van der Waals surface area (Å²) < 4.78 is 61.9. The molecule has 168 valence electrons. The molecule has 0 radical (unpaired) electrons. The minimum Gasteiger partial charge on any atom is -0.352 e. The number of anilines is 1. The van der Waals surface area contributed by atoms with E-state index in [0.29, 0.717) is 24.1 Å². The molecule has 3 N–H and O–H groups in total. The van der Waals surface area contributed by atoms with Crippen molar-refractivity contribution in [2.24, 2.45) is 0 Å². The summed E-state index contributed by atoms with van der Waals surface area (Å²) in [4.78, 5) is 15.0. The molecular weight excluding hydrogens is 444 g/mol. The first-order chi connectivity index (χ1) is 14.6. The van der Waals surface area contributed by atoms with Gasteiger partial charge >= 0.3 is 0 Å². The first-order valence-corrected chi connectivity index (χ1v) is 12.9. The molecule has 1 aromatic rings. The van der Waals surface area contributed by atoms with E-state index in [2.05, 4.69) is 5.32 Å². The number of nitrogens with one attached hydrogen (secondary N) is 1. The minimum absolute atomic E-state index is 0.0825. The zero-order valence-electron chi connectivity index (χ0n) is 16.7. The van der Waals surface area contributed by atoms with E-state index >= 15 is 0 Å². The molecule has 0 saturated carbocycles. The van der Waals surface area contributed by atoms with Gasteiger partial charge in [0.05, 0.1) is 17.1 Å². The van der Waals surface area contributed by atoms with Gasteiger partial charge in [-0.25, -0.2) is 0 Å². The molecule has 0 spiro atoms. The van der Waals surface area contributed by atoms with Crippen LogP contribution in [-0.4, -0.2) is 56.4 Å². The van der Waals surface area contributed by atoms with Crippen LogP contribution in [0.3, 0.4) is 0 Å². The summed E-state index contributed by atoms with van der Waals surface area (Å²) >= 11 is 0. The second-order valence-electron chi connectivity index (χ2n) is 7.24. The predicted molar refractivity (Wildman–Crippen MR) is 118 cm³/mol. The van der Waals surface area contributed by atoms with Gasteiger partial charge in [-0.1, -0.05) is 30.4 Å². The second-order valence-corrected chi connectivity index (χ2v) is 10.4. The molecule has 0 fully saturated rings. The number of fused-ring (bicyclic) bond motifs is 2. The van der Waals surface area contributed by atoms with Gasteiger partial charge in [0.1, 0.15) is 0 Å². The Morgan fingerprint density at radius 1 is 1.03 bits per heavy atom. The molecule has 0 saturated heterocycles. The summed E-state index contributed by atoms with van der Waals surface area (Å²) in [7, 11) is -8.17. The number of nitrogens with zero attached hydrogens (tertiary/aromatic N) is 1. The van der Waals surface area contributed by atoms with E-state index < -0.39 is 26.0 Å². The first-order valence-electron chi connectivity index (χ1n) is 9.72. The van der Waals surface area contributed by atoms with Crippen LogP contribution in [0.15, 0.2) is 53.8 Å². The standard InChI is InChI=1S/C20H24N2O7S2/c23-20(21-11-5-13-30(24,25)26)19-15-7-1-3-9-17(15)22(12-6-14-31(27,28)29)18-10-4-2-8-16(18)19/h1-4,7,9-10H,5-6,8,11-14H2,(H,21,23)(H,24,25,26)(H,27,28,29). The van der Waals surface area contributed by atoms with Gasteiger partial charge in [0.25, 0.3) is 26.1 Å². The molecule has 1 aromatic carbocycles. The first kappa shape index (κ1) is 23.2. The molecule has 11 heteroatoms. The summed E-state index contributed by atoms with van der Waals surface area (Å²) in [5, 5.41) is 2.72. The molecule has 2 aliphatic rings. The van der Waals surface area contributed by atoms with Crippen LogP contribution in [0.4, 0.5) is 5.69 Å². The maximum atomic E-state index is 13.0. The van der Waals surface area contributed by atoms with Crippen molar-refractivity contribution >= 4 is 37.4 Å². The van der Waals surface area contributed by atoms with Gasteiger partial charge in [-0.3, -0.25) is 13.9 Å². The maximum absolute atomic E-state index is 13.0. The van der Waals surface area contributed by atoms with Gasteiger partial charge in [-0.2, -0.15) is 16.8 Å². The molecule has 31 heavy (non-hydrogen) atoms. The minimum atomic E-state index is -4.09. The van der Waals surface area contributed by atoms with Gasteiger partial charge in [-0.05, 0) is 37.0 Å². The Balaban J connectivity index is 1.89. The van der Waals surface area contributed by atoms with Crippen LogP contribution in [0.25, 0.3) is 5.57 Å². The third kappa shape index (κ3) is 6.03. The third-order valence-corrected chi connectivity index (χ3v) is 6.56. The van der Waals surface area contributed by atoms with Gasteiger partial charge in [-0.15, -0.1) is 0 Å². The lowest BCUT2D eigenvalue weighted by atomic mass is 9.86. The number of carbonyl (C=O) groups excluding carboxylic acids is 1. The molecule has 1 amide bonds. The fourth-order valence-corrected chi connectivity index (χ4v) is 4.70. The van der Waals surface area contributed by atoms with Crippen LogP contribution in [-0.2, 0) is 25.0 Å². The molecule has 1 aliphatic carbocycles. The van der Waals surface area contributed by atoms with Crippen LogP contribution < -0.4 is 10.2 Å². The van der Waals surface area contributed by atoms with Crippen LogP contribution in [0.2, 0.25) is 0 Å². The van der Waals surface area contributed by atoms with Gasteiger partial charge in [0.2, 0.25) is 0 Å². The van der Waals surface area contributed by atoms with Crippen molar-refractivity contribution in [3.8, 4) is 0 Å². The van der Waals surface area contributed by atoms with E-state index in [0.717, 1.165) is 17.0 Å². The Kier molecular flexibility index (Phi) is 6.99. The maximum Gasteiger partial charge on any atom is 0.264 e. The number of hydrogen-bond acceptors (Lipinski definition) is 6. The number of benzene rings is 1. The van der Waals surface area contributed by atoms with Crippen molar-refractivity contribution in [2.75, 3.05) is 29.5 Å². The zero-order valence-corrected chi connectivity index (χ0v) is 18.3. The number of carbonyl (C=O) groups is 1. The summed E-state index contributed by atoms with van der Waals surface area (Å²) in [6.07, 6.45) is 6.42. The van der Waals surface area contributed by atoms with Crippen molar-refractivity contribution < 1.29 is 30.7 Å². The lowest BCUT2D eigenvalue weighted by Gasteiger charge is -2.37. The quantitative estimate of drug-likeness (QED) is 0.368. The lowest BCUT2D eigenvalue weighted by molar-refractivity contribution is -0.115. The van der Waals surface area contributed by atoms with E-state index in [9.17, 15) is 21.6 Å². The molecule has 0 unspecified atom stereocenters. The van der Waals surface area contributed by atoms with Crippen LogP contribution in [0.5, 0.6) is 0 Å². The number of para-hydroxylation sites is 1. The SMILES string of the molecule is O=C(NCCCS(=O)(=O)O)C1=C2CC=CC=C2N(CCCS(=O)(=O)O)c2ccccc21. The van der Waals surface area contributed by atoms with E-state index in [-0.39, 0.29) is 31.0 Å². The average molecular weight is 469 g/mol.